The van der Waals surface area contributed by atoms with E-state index in [9.17, 15) is 5.11 Å². The zero-order chi connectivity index (χ0) is 12.5. The summed E-state index contributed by atoms with van der Waals surface area (Å²) in [5.74, 6) is 0. The predicted molar refractivity (Wildman–Crippen MR) is 70.0 cm³/mol. The molecule has 2 heteroatoms. The van der Waals surface area contributed by atoms with Gasteiger partial charge >= 0.3 is 0 Å². The van der Waals surface area contributed by atoms with E-state index in [-0.39, 0.29) is 5.41 Å². The van der Waals surface area contributed by atoms with Crippen LogP contribution in [0.5, 0.6) is 0 Å². The van der Waals surface area contributed by atoms with Crippen LogP contribution in [0.25, 0.3) is 0 Å². The number of aromatic amines is 1. The maximum atomic E-state index is 10.4. The van der Waals surface area contributed by atoms with Gasteiger partial charge in [0.25, 0.3) is 0 Å². The van der Waals surface area contributed by atoms with Gasteiger partial charge in [-0.25, -0.2) is 0 Å². The van der Waals surface area contributed by atoms with Gasteiger partial charge in [-0.2, -0.15) is 0 Å². The van der Waals surface area contributed by atoms with Crippen molar-refractivity contribution in [3.05, 3.63) is 59.4 Å². The average molecular weight is 229 g/mol. The van der Waals surface area contributed by atoms with Gasteiger partial charge in [0.05, 0.1) is 0 Å². The first-order chi connectivity index (χ1) is 8.00. The largest absolute Gasteiger partial charge is 0.382 e. The van der Waals surface area contributed by atoms with Crippen LogP contribution >= 0.6 is 0 Å². The molecule has 1 aromatic carbocycles. The number of nitrogens with one attached hydrogen (secondary N) is 1. The highest BCUT2D eigenvalue weighted by Crippen LogP contribution is 2.31. The first kappa shape index (κ1) is 11.9. The van der Waals surface area contributed by atoms with Gasteiger partial charge in [0, 0.05) is 11.9 Å². The molecule has 0 aliphatic heterocycles. The van der Waals surface area contributed by atoms with E-state index >= 15 is 0 Å². The van der Waals surface area contributed by atoms with E-state index < -0.39 is 6.10 Å². The van der Waals surface area contributed by atoms with Crippen molar-refractivity contribution in [3.63, 3.8) is 0 Å². The summed E-state index contributed by atoms with van der Waals surface area (Å²) in [7, 11) is 0. The van der Waals surface area contributed by atoms with Gasteiger partial charge in [0.2, 0.25) is 0 Å². The van der Waals surface area contributed by atoms with Crippen LogP contribution < -0.4 is 0 Å². The molecule has 17 heavy (non-hydrogen) atoms. The average Bonchev–Trinajstić information content (AvgIpc) is 2.80. The number of aliphatic hydroxyl groups excluding tert-OH is 1. The highest BCUT2D eigenvalue weighted by atomic mass is 16.3. The van der Waals surface area contributed by atoms with E-state index in [1.807, 2.05) is 36.5 Å². The molecule has 1 unspecified atom stereocenters. The Bertz CT molecular complexity index is 480. The summed E-state index contributed by atoms with van der Waals surface area (Å²) in [6.45, 7) is 6.48. The lowest BCUT2D eigenvalue weighted by molar-refractivity contribution is 0.213. The molecule has 0 saturated heterocycles. The normalized spacial score (nSPS) is 13.6. The SMILES string of the molecule is CC(C)(C)c1ccccc1C(O)c1ccc[nH]1. The number of hydrogen-bond acceptors (Lipinski definition) is 1. The van der Waals surface area contributed by atoms with Crippen LogP contribution in [0.3, 0.4) is 0 Å². The number of rotatable bonds is 2. The molecule has 0 spiro atoms. The summed E-state index contributed by atoms with van der Waals surface area (Å²) in [5, 5.41) is 10.4. The minimum Gasteiger partial charge on any atom is -0.382 e. The summed E-state index contributed by atoms with van der Waals surface area (Å²) in [6.07, 6.45) is 1.25. The van der Waals surface area contributed by atoms with E-state index in [2.05, 4.69) is 31.8 Å². The molecule has 2 N–H and O–H groups in total. The molecule has 0 aliphatic carbocycles. The van der Waals surface area contributed by atoms with E-state index in [1.165, 1.54) is 5.56 Å². The van der Waals surface area contributed by atoms with E-state index in [0.717, 1.165) is 11.3 Å². The Morgan fingerprint density at radius 1 is 1.06 bits per heavy atom. The Morgan fingerprint density at radius 2 is 1.76 bits per heavy atom. The number of aliphatic hydroxyl groups is 1. The first-order valence-corrected chi connectivity index (χ1v) is 5.91. The molecule has 2 aromatic rings. The number of aromatic nitrogens is 1. The van der Waals surface area contributed by atoms with Gasteiger partial charge in [-0.15, -0.1) is 0 Å². The molecule has 0 bridgehead atoms. The molecule has 1 heterocycles. The van der Waals surface area contributed by atoms with Crippen molar-refractivity contribution >= 4 is 0 Å². The third kappa shape index (κ3) is 2.42. The monoisotopic (exact) mass is 229 g/mol. The summed E-state index contributed by atoms with van der Waals surface area (Å²) in [4.78, 5) is 3.06. The van der Waals surface area contributed by atoms with Crippen molar-refractivity contribution in [3.8, 4) is 0 Å². The van der Waals surface area contributed by atoms with Crippen molar-refractivity contribution < 1.29 is 5.11 Å². The van der Waals surface area contributed by atoms with E-state index in [4.69, 9.17) is 0 Å². The first-order valence-electron chi connectivity index (χ1n) is 5.91. The van der Waals surface area contributed by atoms with Gasteiger partial charge in [-0.05, 0) is 28.7 Å². The van der Waals surface area contributed by atoms with Crippen molar-refractivity contribution in [2.24, 2.45) is 0 Å². The molecular weight excluding hydrogens is 210 g/mol. The second kappa shape index (κ2) is 4.38. The molecule has 1 aromatic heterocycles. The molecule has 90 valence electrons. The van der Waals surface area contributed by atoms with E-state index in [1.54, 1.807) is 0 Å². The van der Waals surface area contributed by atoms with E-state index in [0.29, 0.717) is 0 Å². The Morgan fingerprint density at radius 3 is 2.35 bits per heavy atom. The third-order valence-corrected chi connectivity index (χ3v) is 2.98. The van der Waals surface area contributed by atoms with Crippen LogP contribution in [0.15, 0.2) is 42.6 Å². The summed E-state index contributed by atoms with van der Waals surface area (Å²) in [6, 6.07) is 11.9. The van der Waals surface area contributed by atoms with Crippen LogP contribution in [0.2, 0.25) is 0 Å². The number of benzene rings is 1. The summed E-state index contributed by atoms with van der Waals surface area (Å²) in [5.41, 5.74) is 3.02. The minimum absolute atomic E-state index is 0.0319. The molecular formula is C15H19NO. The summed E-state index contributed by atoms with van der Waals surface area (Å²) >= 11 is 0. The van der Waals surface area contributed by atoms with Crippen LogP contribution in [-0.4, -0.2) is 10.1 Å². The molecule has 0 saturated carbocycles. The highest BCUT2D eigenvalue weighted by molar-refractivity contribution is 5.37. The van der Waals surface area contributed by atoms with Crippen molar-refractivity contribution in [2.75, 3.05) is 0 Å². The van der Waals surface area contributed by atoms with Crippen molar-refractivity contribution in [1.82, 2.24) is 4.98 Å². The molecule has 0 radical (unpaired) electrons. The highest BCUT2D eigenvalue weighted by Gasteiger charge is 2.22. The molecule has 0 fully saturated rings. The second-order valence-electron chi connectivity index (χ2n) is 5.37. The molecule has 0 aliphatic rings. The maximum absolute atomic E-state index is 10.4. The van der Waals surface area contributed by atoms with Gasteiger partial charge in [-0.1, -0.05) is 45.0 Å². The fourth-order valence-corrected chi connectivity index (χ4v) is 2.10. The lowest BCUT2D eigenvalue weighted by Gasteiger charge is -2.25. The quantitative estimate of drug-likeness (QED) is 0.813. The van der Waals surface area contributed by atoms with Crippen LogP contribution in [0.1, 0.15) is 43.7 Å². The lowest BCUT2D eigenvalue weighted by Crippen LogP contribution is -2.16. The number of hydrogen-bond donors (Lipinski definition) is 2. The van der Waals surface area contributed by atoms with Gasteiger partial charge in [-0.3, -0.25) is 0 Å². The molecule has 2 rings (SSSR count). The van der Waals surface area contributed by atoms with Gasteiger partial charge < -0.3 is 10.1 Å². The minimum atomic E-state index is -0.583. The fraction of sp³-hybridized carbons (Fsp3) is 0.333. The molecule has 1 atom stereocenters. The van der Waals surface area contributed by atoms with Crippen molar-refractivity contribution in [1.29, 1.82) is 0 Å². The molecule has 2 nitrogen and oxygen atoms in total. The topological polar surface area (TPSA) is 36.0 Å². The van der Waals surface area contributed by atoms with Crippen molar-refractivity contribution in [2.45, 2.75) is 32.3 Å². The predicted octanol–water partition coefficient (Wildman–Crippen LogP) is 3.39. The fourth-order valence-electron chi connectivity index (χ4n) is 2.10. The Kier molecular flexibility index (Phi) is 3.07. The Labute approximate surface area is 102 Å². The van der Waals surface area contributed by atoms with Crippen LogP contribution in [0.4, 0.5) is 0 Å². The van der Waals surface area contributed by atoms with Gasteiger partial charge in [0.1, 0.15) is 6.10 Å². The lowest BCUT2D eigenvalue weighted by atomic mass is 9.82. The number of H-pyrrole nitrogens is 1. The smallest absolute Gasteiger partial charge is 0.119 e. The van der Waals surface area contributed by atoms with Crippen LogP contribution in [-0.2, 0) is 5.41 Å². The Hall–Kier alpha value is -1.54. The standard InChI is InChI=1S/C15H19NO/c1-15(2,3)12-8-5-4-7-11(12)14(17)13-9-6-10-16-13/h4-10,14,16-17H,1-3H3. The third-order valence-electron chi connectivity index (χ3n) is 2.98. The maximum Gasteiger partial charge on any atom is 0.119 e. The molecule has 0 amide bonds. The summed E-state index contributed by atoms with van der Waals surface area (Å²) < 4.78 is 0. The second-order valence-corrected chi connectivity index (χ2v) is 5.37. The van der Waals surface area contributed by atoms with Gasteiger partial charge in [0.15, 0.2) is 0 Å². The zero-order valence-electron chi connectivity index (χ0n) is 10.6. The zero-order valence-corrected chi connectivity index (χ0v) is 10.6. The van der Waals surface area contributed by atoms with Crippen LogP contribution in [0, 0.1) is 0 Å². The Balaban J connectivity index is 2.46.